The summed E-state index contributed by atoms with van der Waals surface area (Å²) in [5.41, 5.74) is -0.612. The van der Waals surface area contributed by atoms with Gasteiger partial charge in [0.2, 0.25) is 11.7 Å². The molecular formula is C15H19F3N4O4. The first-order valence-electron chi connectivity index (χ1n) is 7.63. The number of amides is 2. The number of aliphatic carboxylic acids is 1. The third kappa shape index (κ3) is 6.65. The van der Waals surface area contributed by atoms with Crippen LogP contribution in [0.3, 0.4) is 0 Å². The number of alkyl halides is 3. The number of rotatable bonds is 7. The first kappa shape index (κ1) is 21.3. The van der Waals surface area contributed by atoms with Crippen LogP contribution in [0.15, 0.2) is 6.07 Å². The third-order valence-electron chi connectivity index (χ3n) is 3.09. The van der Waals surface area contributed by atoms with E-state index in [-0.39, 0.29) is 18.0 Å². The number of aromatic nitrogens is 2. The highest BCUT2D eigenvalue weighted by Gasteiger charge is 2.35. The quantitative estimate of drug-likeness (QED) is 0.656. The van der Waals surface area contributed by atoms with E-state index in [0.717, 1.165) is 6.07 Å². The summed E-state index contributed by atoms with van der Waals surface area (Å²) in [7, 11) is 0. The van der Waals surface area contributed by atoms with E-state index in [4.69, 9.17) is 5.11 Å². The van der Waals surface area contributed by atoms with Crippen molar-refractivity contribution in [3.05, 3.63) is 23.3 Å². The van der Waals surface area contributed by atoms with Crippen molar-refractivity contribution in [2.75, 3.05) is 6.54 Å². The van der Waals surface area contributed by atoms with Crippen molar-refractivity contribution in [2.24, 2.45) is 5.92 Å². The van der Waals surface area contributed by atoms with Gasteiger partial charge in [0.25, 0.3) is 5.91 Å². The second-order valence-electron chi connectivity index (χ2n) is 5.99. The Balaban J connectivity index is 2.73. The molecule has 144 valence electrons. The van der Waals surface area contributed by atoms with Gasteiger partial charge < -0.3 is 15.7 Å². The fraction of sp³-hybridized carbons (Fsp3) is 0.533. The fourth-order valence-electron chi connectivity index (χ4n) is 2.00. The lowest BCUT2D eigenvalue weighted by Gasteiger charge is -2.16. The molecule has 0 bridgehead atoms. The van der Waals surface area contributed by atoms with Gasteiger partial charge in [0.1, 0.15) is 11.7 Å². The van der Waals surface area contributed by atoms with Crippen molar-refractivity contribution >= 4 is 17.8 Å². The maximum atomic E-state index is 12.7. The van der Waals surface area contributed by atoms with Crippen molar-refractivity contribution < 1.29 is 32.7 Å². The zero-order valence-corrected chi connectivity index (χ0v) is 14.3. The van der Waals surface area contributed by atoms with E-state index in [9.17, 15) is 27.6 Å². The average molecular weight is 376 g/mol. The van der Waals surface area contributed by atoms with Crippen molar-refractivity contribution in [2.45, 2.75) is 39.4 Å². The Kier molecular flexibility index (Phi) is 7.04. The molecule has 1 atom stereocenters. The number of carbonyl (C=O) groups excluding carboxylic acids is 2. The molecule has 0 spiro atoms. The monoisotopic (exact) mass is 376 g/mol. The summed E-state index contributed by atoms with van der Waals surface area (Å²) in [6.45, 7) is 4.22. The second-order valence-corrected chi connectivity index (χ2v) is 5.99. The minimum Gasteiger partial charge on any atom is -0.480 e. The number of halogens is 3. The van der Waals surface area contributed by atoms with Crippen molar-refractivity contribution in [1.82, 2.24) is 20.6 Å². The molecule has 2 amide bonds. The second kappa shape index (κ2) is 8.59. The average Bonchev–Trinajstić information content (AvgIpc) is 2.50. The minimum absolute atomic E-state index is 0.00998. The van der Waals surface area contributed by atoms with E-state index in [1.165, 1.54) is 6.92 Å². The molecule has 11 heteroatoms. The summed E-state index contributed by atoms with van der Waals surface area (Å²) >= 11 is 0. The van der Waals surface area contributed by atoms with Gasteiger partial charge >= 0.3 is 12.1 Å². The van der Waals surface area contributed by atoms with Gasteiger partial charge in [0, 0.05) is 5.69 Å². The van der Waals surface area contributed by atoms with Gasteiger partial charge in [-0.1, -0.05) is 13.8 Å². The summed E-state index contributed by atoms with van der Waals surface area (Å²) < 4.78 is 38.0. The number of carbonyl (C=O) groups is 3. The molecule has 0 saturated heterocycles. The number of nitrogens with one attached hydrogen (secondary N) is 2. The lowest BCUT2D eigenvalue weighted by atomic mass is 10.0. The molecule has 1 rings (SSSR count). The lowest BCUT2D eigenvalue weighted by Crippen LogP contribution is -2.46. The molecular weight excluding hydrogens is 357 g/mol. The lowest BCUT2D eigenvalue weighted by molar-refractivity contribution is -0.145. The summed E-state index contributed by atoms with van der Waals surface area (Å²) in [5.74, 6) is -4.47. The predicted octanol–water partition coefficient (Wildman–Crippen LogP) is 1.15. The highest BCUT2D eigenvalue weighted by Crippen LogP contribution is 2.26. The standard InChI is InChI=1S/C15H19F3N4O4/c1-7(2)4-10(13(25)26)21-11(23)6-19-12(24)9-5-8(3)20-14(22-9)15(16,17)18/h5,7,10H,4,6H2,1-3H3,(H,19,24)(H,21,23)(H,25,26)/t10-/m0/s1. The molecule has 0 aliphatic heterocycles. The van der Waals surface area contributed by atoms with Crippen molar-refractivity contribution in [1.29, 1.82) is 0 Å². The van der Waals surface area contributed by atoms with Gasteiger partial charge in [-0.15, -0.1) is 0 Å². The molecule has 0 unspecified atom stereocenters. The Labute approximate surface area is 147 Å². The van der Waals surface area contributed by atoms with E-state index in [2.05, 4.69) is 20.6 Å². The van der Waals surface area contributed by atoms with Crippen LogP contribution in [0.1, 0.15) is 42.3 Å². The maximum Gasteiger partial charge on any atom is 0.451 e. The topological polar surface area (TPSA) is 121 Å². The van der Waals surface area contributed by atoms with Crippen LogP contribution < -0.4 is 10.6 Å². The van der Waals surface area contributed by atoms with Crippen LogP contribution in [-0.4, -0.2) is 45.4 Å². The Hall–Kier alpha value is -2.72. The minimum atomic E-state index is -4.82. The Morgan fingerprint density at radius 2 is 1.85 bits per heavy atom. The van der Waals surface area contributed by atoms with Gasteiger partial charge in [-0.25, -0.2) is 14.8 Å². The summed E-state index contributed by atoms with van der Waals surface area (Å²) in [6.07, 6.45) is -4.63. The number of aryl methyl sites for hydroxylation is 1. The highest BCUT2D eigenvalue weighted by molar-refractivity contribution is 5.95. The molecule has 1 aromatic heterocycles. The van der Waals surface area contributed by atoms with Crippen LogP contribution in [0.25, 0.3) is 0 Å². The van der Waals surface area contributed by atoms with E-state index < -0.39 is 48.1 Å². The first-order chi connectivity index (χ1) is 11.9. The molecule has 8 nitrogen and oxygen atoms in total. The number of nitrogens with zero attached hydrogens (tertiary/aromatic N) is 2. The number of hydrogen-bond acceptors (Lipinski definition) is 5. The van der Waals surface area contributed by atoms with Crippen molar-refractivity contribution in [3.8, 4) is 0 Å². The van der Waals surface area contributed by atoms with E-state index >= 15 is 0 Å². The predicted molar refractivity (Wildman–Crippen MR) is 83.1 cm³/mol. The van der Waals surface area contributed by atoms with E-state index in [1.807, 2.05) is 0 Å². The normalized spacial score (nSPS) is 12.6. The van der Waals surface area contributed by atoms with E-state index in [1.54, 1.807) is 13.8 Å². The zero-order chi connectivity index (χ0) is 20.1. The largest absolute Gasteiger partial charge is 0.480 e. The Bertz CT molecular complexity index is 692. The molecule has 0 radical (unpaired) electrons. The van der Waals surface area contributed by atoms with Crippen LogP contribution in [0.5, 0.6) is 0 Å². The van der Waals surface area contributed by atoms with Crippen LogP contribution in [0.2, 0.25) is 0 Å². The van der Waals surface area contributed by atoms with Gasteiger partial charge in [0.15, 0.2) is 0 Å². The number of hydrogen-bond donors (Lipinski definition) is 3. The summed E-state index contributed by atoms with van der Waals surface area (Å²) in [4.78, 5) is 41.1. The Morgan fingerprint density at radius 1 is 1.23 bits per heavy atom. The van der Waals surface area contributed by atoms with Crippen LogP contribution >= 0.6 is 0 Å². The molecule has 1 heterocycles. The van der Waals surface area contributed by atoms with Gasteiger partial charge in [0.05, 0.1) is 6.54 Å². The number of carboxylic acid groups (broad SMARTS) is 1. The maximum absolute atomic E-state index is 12.7. The summed E-state index contributed by atoms with van der Waals surface area (Å²) in [6, 6.07) is -0.0843. The molecule has 0 aliphatic carbocycles. The van der Waals surface area contributed by atoms with Gasteiger partial charge in [-0.3, -0.25) is 9.59 Å². The van der Waals surface area contributed by atoms with Gasteiger partial charge in [-0.05, 0) is 25.3 Å². The molecule has 26 heavy (non-hydrogen) atoms. The number of carboxylic acids is 1. The summed E-state index contributed by atoms with van der Waals surface area (Å²) in [5, 5.41) is 13.4. The zero-order valence-electron chi connectivity index (χ0n) is 14.3. The molecule has 0 fully saturated rings. The smallest absolute Gasteiger partial charge is 0.451 e. The highest BCUT2D eigenvalue weighted by atomic mass is 19.4. The van der Waals surface area contributed by atoms with E-state index in [0.29, 0.717) is 0 Å². The first-order valence-corrected chi connectivity index (χ1v) is 7.63. The van der Waals surface area contributed by atoms with Gasteiger partial charge in [-0.2, -0.15) is 13.2 Å². The van der Waals surface area contributed by atoms with Crippen LogP contribution in [0, 0.1) is 12.8 Å². The fourth-order valence-corrected chi connectivity index (χ4v) is 2.00. The molecule has 1 aromatic rings. The van der Waals surface area contributed by atoms with Crippen molar-refractivity contribution in [3.63, 3.8) is 0 Å². The SMILES string of the molecule is Cc1cc(C(=O)NCC(=O)N[C@@H](CC(C)C)C(=O)O)nc(C(F)(F)F)n1. The van der Waals surface area contributed by atoms with Crippen LogP contribution in [0.4, 0.5) is 13.2 Å². The molecule has 3 N–H and O–H groups in total. The molecule has 0 aromatic carbocycles. The molecule has 0 saturated carbocycles. The third-order valence-corrected chi connectivity index (χ3v) is 3.09. The van der Waals surface area contributed by atoms with Crippen LogP contribution in [-0.2, 0) is 15.8 Å². The Morgan fingerprint density at radius 3 is 2.35 bits per heavy atom. The molecule has 0 aliphatic rings.